The fourth-order valence-electron chi connectivity index (χ4n) is 2.67. The molecule has 0 aliphatic rings. The highest BCUT2D eigenvalue weighted by molar-refractivity contribution is 7.14. The van der Waals surface area contributed by atoms with Gasteiger partial charge in [0.2, 0.25) is 0 Å². The lowest BCUT2D eigenvalue weighted by atomic mass is 10.1. The Morgan fingerprint density at radius 2 is 1.93 bits per heavy atom. The van der Waals surface area contributed by atoms with Crippen LogP contribution in [0.4, 0.5) is 5.13 Å². The SMILES string of the molecule is Cc1ccc(Oc2ccccc2-c2csc(NC(N)=NC(C)C)n2)c(C)c1. The second kappa shape index (κ2) is 8.22. The molecule has 0 aliphatic carbocycles. The van der Waals surface area contributed by atoms with Gasteiger partial charge in [0.25, 0.3) is 0 Å². The Hall–Kier alpha value is -2.86. The van der Waals surface area contributed by atoms with Crippen molar-refractivity contribution in [3.63, 3.8) is 0 Å². The molecule has 0 unspecified atom stereocenters. The predicted molar refractivity (Wildman–Crippen MR) is 114 cm³/mol. The molecule has 3 N–H and O–H groups in total. The molecule has 0 radical (unpaired) electrons. The molecule has 0 saturated heterocycles. The predicted octanol–water partition coefficient (Wildman–Crippen LogP) is 5.35. The van der Waals surface area contributed by atoms with Gasteiger partial charge in [-0.3, -0.25) is 4.99 Å². The summed E-state index contributed by atoms with van der Waals surface area (Å²) in [7, 11) is 0. The number of thiazole rings is 1. The number of rotatable bonds is 5. The smallest absolute Gasteiger partial charge is 0.195 e. The first-order valence-corrected chi connectivity index (χ1v) is 9.70. The number of guanidine groups is 1. The van der Waals surface area contributed by atoms with Gasteiger partial charge in [-0.15, -0.1) is 11.3 Å². The second-order valence-electron chi connectivity index (χ2n) is 6.64. The van der Waals surface area contributed by atoms with Crippen molar-refractivity contribution in [2.75, 3.05) is 5.32 Å². The monoisotopic (exact) mass is 380 g/mol. The van der Waals surface area contributed by atoms with Gasteiger partial charge in [0.1, 0.15) is 11.5 Å². The van der Waals surface area contributed by atoms with Gasteiger partial charge in [0, 0.05) is 17.0 Å². The van der Waals surface area contributed by atoms with E-state index >= 15 is 0 Å². The lowest BCUT2D eigenvalue weighted by Crippen LogP contribution is -2.23. The number of aromatic nitrogens is 1. The van der Waals surface area contributed by atoms with E-state index in [-0.39, 0.29) is 6.04 Å². The van der Waals surface area contributed by atoms with E-state index in [1.54, 1.807) is 0 Å². The van der Waals surface area contributed by atoms with Crippen LogP contribution < -0.4 is 15.8 Å². The van der Waals surface area contributed by atoms with Crippen molar-refractivity contribution in [2.45, 2.75) is 33.7 Å². The van der Waals surface area contributed by atoms with Crippen molar-refractivity contribution in [1.29, 1.82) is 0 Å². The summed E-state index contributed by atoms with van der Waals surface area (Å²) in [6.45, 7) is 8.07. The summed E-state index contributed by atoms with van der Waals surface area (Å²) < 4.78 is 6.19. The molecule has 0 fully saturated rings. The van der Waals surface area contributed by atoms with E-state index in [0.29, 0.717) is 11.1 Å². The molecule has 0 aliphatic heterocycles. The van der Waals surface area contributed by atoms with Crippen molar-refractivity contribution >= 4 is 22.4 Å². The van der Waals surface area contributed by atoms with E-state index in [0.717, 1.165) is 28.3 Å². The number of hydrogen-bond acceptors (Lipinski definition) is 4. The fourth-order valence-corrected chi connectivity index (χ4v) is 3.39. The van der Waals surface area contributed by atoms with Crippen molar-refractivity contribution in [3.8, 4) is 22.8 Å². The molecule has 140 valence electrons. The lowest BCUT2D eigenvalue weighted by Gasteiger charge is -2.12. The molecule has 3 rings (SSSR count). The molecule has 3 aromatic rings. The molecule has 27 heavy (non-hydrogen) atoms. The van der Waals surface area contributed by atoms with Crippen molar-refractivity contribution in [1.82, 2.24) is 4.98 Å². The highest BCUT2D eigenvalue weighted by atomic mass is 32.1. The molecule has 0 saturated carbocycles. The quantitative estimate of drug-likeness (QED) is 0.462. The minimum Gasteiger partial charge on any atom is -0.456 e. The number of aryl methyl sites for hydroxylation is 2. The number of aliphatic imine (C=N–C) groups is 1. The zero-order valence-corrected chi connectivity index (χ0v) is 16.8. The van der Waals surface area contributed by atoms with Crippen LogP contribution in [0.1, 0.15) is 25.0 Å². The number of hydrogen-bond donors (Lipinski definition) is 2. The number of nitrogens with two attached hydrogens (primary N) is 1. The number of nitrogens with zero attached hydrogens (tertiary/aromatic N) is 2. The zero-order valence-electron chi connectivity index (χ0n) is 16.0. The Bertz CT molecular complexity index is 962. The summed E-state index contributed by atoms with van der Waals surface area (Å²) in [6, 6.07) is 14.2. The van der Waals surface area contributed by atoms with Crippen LogP contribution in [0.2, 0.25) is 0 Å². The van der Waals surface area contributed by atoms with Crippen molar-refractivity contribution < 1.29 is 4.74 Å². The average molecular weight is 381 g/mol. The van der Waals surface area contributed by atoms with E-state index in [1.807, 2.05) is 62.5 Å². The van der Waals surface area contributed by atoms with Crippen LogP contribution in [0.5, 0.6) is 11.5 Å². The Morgan fingerprint density at radius 1 is 1.15 bits per heavy atom. The van der Waals surface area contributed by atoms with Gasteiger partial charge in [-0.2, -0.15) is 0 Å². The van der Waals surface area contributed by atoms with E-state index in [2.05, 4.69) is 28.3 Å². The Morgan fingerprint density at radius 3 is 2.67 bits per heavy atom. The second-order valence-corrected chi connectivity index (χ2v) is 7.50. The maximum absolute atomic E-state index is 6.19. The third-order valence-electron chi connectivity index (χ3n) is 3.85. The standard InChI is InChI=1S/C21H24N4OS/c1-13(2)23-20(22)25-21-24-17(12-27-21)16-7-5-6-8-19(16)26-18-10-9-14(3)11-15(18)4/h5-13H,1-4H3,(H3,22,23,24,25). The van der Waals surface area contributed by atoms with Crippen molar-refractivity contribution in [3.05, 3.63) is 59.0 Å². The van der Waals surface area contributed by atoms with Crippen molar-refractivity contribution in [2.24, 2.45) is 10.7 Å². The van der Waals surface area contributed by atoms with E-state index in [1.165, 1.54) is 16.9 Å². The molecular formula is C21H24N4OS. The van der Waals surface area contributed by atoms with Crippen LogP contribution in [-0.2, 0) is 0 Å². The lowest BCUT2D eigenvalue weighted by molar-refractivity contribution is 0.480. The number of nitrogens with one attached hydrogen (secondary N) is 1. The van der Waals surface area contributed by atoms with Crippen LogP contribution in [0.25, 0.3) is 11.3 Å². The number of anilines is 1. The third-order valence-corrected chi connectivity index (χ3v) is 4.61. The van der Waals surface area contributed by atoms with Gasteiger partial charge in [-0.25, -0.2) is 4.98 Å². The van der Waals surface area contributed by atoms with Crippen LogP contribution in [0.3, 0.4) is 0 Å². The molecule has 0 amide bonds. The Balaban J connectivity index is 1.86. The van der Waals surface area contributed by atoms with Gasteiger partial charge < -0.3 is 15.8 Å². The van der Waals surface area contributed by atoms with Crippen LogP contribution in [-0.4, -0.2) is 17.0 Å². The van der Waals surface area contributed by atoms with Gasteiger partial charge >= 0.3 is 0 Å². The topological polar surface area (TPSA) is 72.5 Å². The van der Waals surface area contributed by atoms with Gasteiger partial charge in [0.15, 0.2) is 11.1 Å². The summed E-state index contributed by atoms with van der Waals surface area (Å²) in [5.74, 6) is 1.98. The summed E-state index contributed by atoms with van der Waals surface area (Å²) in [4.78, 5) is 8.90. The molecule has 6 heteroatoms. The molecule has 1 aromatic heterocycles. The molecule has 2 aromatic carbocycles. The molecule has 0 spiro atoms. The number of para-hydroxylation sites is 1. The average Bonchev–Trinajstić information content (AvgIpc) is 3.05. The Labute approximate surface area is 163 Å². The van der Waals surface area contributed by atoms with E-state index in [9.17, 15) is 0 Å². The first kappa shape index (κ1) is 18.9. The minimum atomic E-state index is 0.129. The maximum Gasteiger partial charge on any atom is 0.195 e. The molecule has 0 bridgehead atoms. The number of ether oxygens (including phenoxy) is 1. The van der Waals surface area contributed by atoms with E-state index in [4.69, 9.17) is 10.5 Å². The number of benzene rings is 2. The van der Waals surface area contributed by atoms with Gasteiger partial charge in [-0.05, 0) is 51.5 Å². The maximum atomic E-state index is 6.19. The summed E-state index contributed by atoms with van der Waals surface area (Å²) in [5, 5.41) is 5.73. The summed E-state index contributed by atoms with van der Waals surface area (Å²) in [5.41, 5.74) is 9.97. The molecule has 5 nitrogen and oxygen atoms in total. The third kappa shape index (κ3) is 4.86. The Kier molecular flexibility index (Phi) is 5.76. The van der Waals surface area contributed by atoms with Crippen LogP contribution >= 0.6 is 11.3 Å². The molecular weight excluding hydrogens is 356 g/mol. The normalized spacial score (nSPS) is 11.7. The zero-order chi connectivity index (χ0) is 19.4. The fraction of sp³-hybridized carbons (Fsp3) is 0.238. The van der Waals surface area contributed by atoms with Gasteiger partial charge in [-0.1, -0.05) is 29.8 Å². The minimum absolute atomic E-state index is 0.129. The van der Waals surface area contributed by atoms with Crippen LogP contribution in [0.15, 0.2) is 52.8 Å². The van der Waals surface area contributed by atoms with Crippen LogP contribution in [0, 0.1) is 13.8 Å². The summed E-state index contributed by atoms with van der Waals surface area (Å²) in [6.07, 6.45) is 0. The first-order chi connectivity index (χ1) is 12.9. The molecule has 0 atom stereocenters. The first-order valence-electron chi connectivity index (χ1n) is 8.82. The largest absolute Gasteiger partial charge is 0.456 e. The van der Waals surface area contributed by atoms with E-state index < -0.39 is 0 Å². The molecule has 1 heterocycles. The summed E-state index contributed by atoms with van der Waals surface area (Å²) >= 11 is 1.48. The highest BCUT2D eigenvalue weighted by Crippen LogP contribution is 2.35. The van der Waals surface area contributed by atoms with Gasteiger partial charge in [0.05, 0.1) is 5.69 Å². The highest BCUT2D eigenvalue weighted by Gasteiger charge is 2.12.